The highest BCUT2D eigenvalue weighted by atomic mass is 16.4. The monoisotopic (exact) mass is 279 g/mol. The Morgan fingerprint density at radius 1 is 1.20 bits per heavy atom. The molecule has 0 heterocycles. The number of phenolic OH excluding ortho intramolecular Hbond substituents is 2. The second-order valence-corrected chi connectivity index (χ2v) is 5.21. The summed E-state index contributed by atoms with van der Waals surface area (Å²) in [7, 11) is 0. The van der Waals surface area contributed by atoms with E-state index >= 15 is 0 Å². The Bertz CT molecular complexity index is 534. The first-order valence-electron chi connectivity index (χ1n) is 6.48. The number of aliphatic carboxylic acids is 1. The van der Waals surface area contributed by atoms with E-state index in [-0.39, 0.29) is 23.5 Å². The molecule has 0 bridgehead atoms. The standard InChI is InChI=1S/C14H17NO5/c16-9-3-4-10(11(17)7-9)13(20)15-14(8-12(18)19)5-1-2-6-14/h3-4,7,16-17H,1-2,5-6,8H2,(H,15,20)(H,18,19). The molecule has 1 aliphatic rings. The number of carboxylic acid groups (broad SMARTS) is 1. The van der Waals surface area contributed by atoms with Gasteiger partial charge in [-0.3, -0.25) is 9.59 Å². The zero-order valence-electron chi connectivity index (χ0n) is 10.9. The third-order valence-electron chi connectivity index (χ3n) is 3.65. The van der Waals surface area contributed by atoms with Gasteiger partial charge < -0.3 is 20.6 Å². The lowest BCUT2D eigenvalue weighted by molar-refractivity contribution is -0.138. The average Bonchev–Trinajstić information content (AvgIpc) is 2.75. The molecule has 0 unspecified atom stereocenters. The third-order valence-corrected chi connectivity index (χ3v) is 3.65. The van der Waals surface area contributed by atoms with Crippen molar-refractivity contribution in [1.82, 2.24) is 5.32 Å². The van der Waals surface area contributed by atoms with Crippen molar-refractivity contribution >= 4 is 11.9 Å². The molecule has 2 rings (SSSR count). The molecule has 1 amide bonds. The molecule has 1 saturated carbocycles. The third kappa shape index (κ3) is 3.01. The van der Waals surface area contributed by atoms with Crippen LogP contribution in [0.25, 0.3) is 0 Å². The first-order valence-corrected chi connectivity index (χ1v) is 6.48. The molecule has 6 nitrogen and oxygen atoms in total. The van der Waals surface area contributed by atoms with Crippen LogP contribution >= 0.6 is 0 Å². The number of nitrogens with one attached hydrogen (secondary N) is 1. The van der Waals surface area contributed by atoms with Gasteiger partial charge in [-0.15, -0.1) is 0 Å². The Balaban J connectivity index is 2.18. The van der Waals surface area contributed by atoms with Crippen molar-refractivity contribution in [3.63, 3.8) is 0 Å². The van der Waals surface area contributed by atoms with Gasteiger partial charge >= 0.3 is 5.97 Å². The van der Waals surface area contributed by atoms with Crippen LogP contribution in [-0.4, -0.2) is 32.7 Å². The molecule has 0 aliphatic heterocycles. The summed E-state index contributed by atoms with van der Waals surface area (Å²) in [4.78, 5) is 23.1. The highest BCUT2D eigenvalue weighted by Crippen LogP contribution is 2.33. The van der Waals surface area contributed by atoms with Crippen LogP contribution in [0.15, 0.2) is 18.2 Å². The van der Waals surface area contributed by atoms with Crippen molar-refractivity contribution in [1.29, 1.82) is 0 Å². The van der Waals surface area contributed by atoms with E-state index in [2.05, 4.69) is 5.32 Å². The second-order valence-electron chi connectivity index (χ2n) is 5.21. The van der Waals surface area contributed by atoms with Crippen LogP contribution in [-0.2, 0) is 4.79 Å². The van der Waals surface area contributed by atoms with E-state index in [0.29, 0.717) is 12.8 Å². The minimum Gasteiger partial charge on any atom is -0.508 e. The molecule has 0 atom stereocenters. The quantitative estimate of drug-likeness (QED) is 0.670. The summed E-state index contributed by atoms with van der Waals surface area (Å²) in [6.45, 7) is 0. The van der Waals surface area contributed by atoms with Gasteiger partial charge in [-0.1, -0.05) is 12.8 Å². The summed E-state index contributed by atoms with van der Waals surface area (Å²) in [5.74, 6) is -1.95. The van der Waals surface area contributed by atoms with Gasteiger partial charge in [0.25, 0.3) is 5.91 Å². The number of carboxylic acids is 1. The lowest BCUT2D eigenvalue weighted by atomic mass is 9.92. The molecule has 1 aliphatic carbocycles. The van der Waals surface area contributed by atoms with Crippen LogP contribution in [0.2, 0.25) is 0 Å². The Morgan fingerprint density at radius 3 is 2.40 bits per heavy atom. The minimum atomic E-state index is -0.956. The van der Waals surface area contributed by atoms with Crippen LogP contribution in [0.4, 0.5) is 0 Å². The molecule has 1 aromatic carbocycles. The minimum absolute atomic E-state index is 0.0273. The zero-order chi connectivity index (χ0) is 14.8. The van der Waals surface area contributed by atoms with E-state index in [1.807, 2.05) is 0 Å². The normalized spacial score (nSPS) is 16.8. The fourth-order valence-electron chi connectivity index (χ4n) is 2.71. The van der Waals surface area contributed by atoms with E-state index in [1.54, 1.807) is 0 Å². The molecule has 0 aromatic heterocycles. The van der Waals surface area contributed by atoms with Gasteiger partial charge in [0.2, 0.25) is 0 Å². The number of amides is 1. The largest absolute Gasteiger partial charge is 0.508 e. The summed E-state index contributed by atoms with van der Waals surface area (Å²) in [6, 6.07) is 3.68. The Labute approximate surface area is 116 Å². The van der Waals surface area contributed by atoms with Crippen molar-refractivity contribution in [2.75, 3.05) is 0 Å². The summed E-state index contributed by atoms with van der Waals surface area (Å²) < 4.78 is 0. The Morgan fingerprint density at radius 2 is 1.85 bits per heavy atom. The maximum Gasteiger partial charge on any atom is 0.305 e. The van der Waals surface area contributed by atoms with E-state index < -0.39 is 17.4 Å². The molecule has 6 heteroatoms. The van der Waals surface area contributed by atoms with Crippen molar-refractivity contribution in [2.24, 2.45) is 0 Å². The fourth-order valence-corrected chi connectivity index (χ4v) is 2.71. The predicted octanol–water partition coefficient (Wildman–Crippen LogP) is 1.62. The summed E-state index contributed by atoms with van der Waals surface area (Å²) >= 11 is 0. The highest BCUT2D eigenvalue weighted by molar-refractivity contribution is 5.97. The Hall–Kier alpha value is -2.24. The summed E-state index contributed by atoms with van der Waals surface area (Å²) in [5.41, 5.74) is -0.716. The van der Waals surface area contributed by atoms with Gasteiger partial charge in [0.05, 0.1) is 17.5 Å². The molecule has 20 heavy (non-hydrogen) atoms. The van der Waals surface area contributed by atoms with Crippen molar-refractivity contribution < 1.29 is 24.9 Å². The number of rotatable bonds is 4. The first-order chi connectivity index (χ1) is 9.42. The first kappa shape index (κ1) is 14.2. The van der Waals surface area contributed by atoms with Gasteiger partial charge in [0.15, 0.2) is 0 Å². The van der Waals surface area contributed by atoms with E-state index in [4.69, 9.17) is 5.11 Å². The van der Waals surface area contributed by atoms with E-state index in [9.17, 15) is 19.8 Å². The number of hydrogen-bond donors (Lipinski definition) is 4. The molecule has 4 N–H and O–H groups in total. The average molecular weight is 279 g/mol. The van der Waals surface area contributed by atoms with E-state index in [1.165, 1.54) is 12.1 Å². The smallest absolute Gasteiger partial charge is 0.305 e. The summed E-state index contributed by atoms with van der Waals surface area (Å²) in [6.07, 6.45) is 2.84. The van der Waals surface area contributed by atoms with Crippen LogP contribution < -0.4 is 5.32 Å². The fraction of sp³-hybridized carbons (Fsp3) is 0.429. The number of carbonyl (C=O) groups is 2. The van der Waals surface area contributed by atoms with Crippen LogP contribution in [0.3, 0.4) is 0 Å². The van der Waals surface area contributed by atoms with Gasteiger partial charge in [-0.25, -0.2) is 0 Å². The van der Waals surface area contributed by atoms with Crippen molar-refractivity contribution in [3.8, 4) is 11.5 Å². The Kier molecular flexibility index (Phi) is 3.83. The van der Waals surface area contributed by atoms with Crippen LogP contribution in [0.5, 0.6) is 11.5 Å². The van der Waals surface area contributed by atoms with Gasteiger partial charge in [-0.05, 0) is 25.0 Å². The summed E-state index contributed by atoms with van der Waals surface area (Å²) in [5, 5.41) is 30.6. The molecule has 1 fully saturated rings. The van der Waals surface area contributed by atoms with Crippen molar-refractivity contribution in [3.05, 3.63) is 23.8 Å². The molecular formula is C14H17NO5. The lowest BCUT2D eigenvalue weighted by Gasteiger charge is -2.28. The van der Waals surface area contributed by atoms with Crippen LogP contribution in [0, 0.1) is 0 Å². The maximum absolute atomic E-state index is 12.2. The number of aromatic hydroxyl groups is 2. The van der Waals surface area contributed by atoms with Gasteiger partial charge in [0.1, 0.15) is 11.5 Å². The van der Waals surface area contributed by atoms with Gasteiger partial charge in [0, 0.05) is 6.07 Å². The van der Waals surface area contributed by atoms with Gasteiger partial charge in [-0.2, -0.15) is 0 Å². The number of carbonyl (C=O) groups excluding carboxylic acids is 1. The van der Waals surface area contributed by atoms with Crippen LogP contribution in [0.1, 0.15) is 42.5 Å². The maximum atomic E-state index is 12.2. The lowest BCUT2D eigenvalue weighted by Crippen LogP contribution is -2.47. The highest BCUT2D eigenvalue weighted by Gasteiger charge is 2.37. The predicted molar refractivity (Wildman–Crippen MR) is 70.7 cm³/mol. The molecule has 0 radical (unpaired) electrons. The molecule has 108 valence electrons. The number of phenols is 2. The molecule has 1 aromatic rings. The molecule has 0 saturated heterocycles. The zero-order valence-corrected chi connectivity index (χ0v) is 10.9. The number of benzene rings is 1. The number of hydrogen-bond acceptors (Lipinski definition) is 4. The van der Waals surface area contributed by atoms with E-state index in [0.717, 1.165) is 18.9 Å². The SMILES string of the molecule is O=C(O)CC1(NC(=O)c2ccc(O)cc2O)CCCC1. The molecular weight excluding hydrogens is 262 g/mol. The molecule has 0 spiro atoms. The second kappa shape index (κ2) is 5.40. The topological polar surface area (TPSA) is 107 Å². The van der Waals surface area contributed by atoms with Crippen molar-refractivity contribution in [2.45, 2.75) is 37.6 Å².